The smallest absolute Gasteiger partial charge is 0.326 e. The molecule has 3 nitrogen and oxygen atoms in total. The molecule has 0 aliphatic carbocycles. The van der Waals surface area contributed by atoms with Crippen LogP contribution in [-0.4, -0.2) is 34.7 Å². The molecular weight excluding hydrogens is 270 g/mol. The Hall–Kier alpha value is -0.220. The highest BCUT2D eigenvalue weighted by Gasteiger charge is 2.37. The highest BCUT2D eigenvalue weighted by atomic mass is 32.2. The van der Waals surface area contributed by atoms with Gasteiger partial charge in [0, 0.05) is 16.5 Å². The van der Waals surface area contributed by atoms with E-state index in [1.807, 2.05) is 25.6 Å². The minimum Gasteiger partial charge on any atom is -0.465 e. The molecule has 0 saturated heterocycles. The third kappa shape index (κ3) is 6.98. The highest BCUT2D eigenvalue weighted by molar-refractivity contribution is 8.00. The average Bonchev–Trinajstić information content (AvgIpc) is 2.27. The molecule has 3 unspecified atom stereocenters. The largest absolute Gasteiger partial charge is 0.465 e. The van der Waals surface area contributed by atoms with Crippen LogP contribution in [0.3, 0.4) is 0 Å². The van der Waals surface area contributed by atoms with Gasteiger partial charge in [0.25, 0.3) is 0 Å². The molecule has 0 amide bonds. The van der Waals surface area contributed by atoms with Crippen molar-refractivity contribution >= 4 is 17.7 Å². The second-order valence-electron chi connectivity index (χ2n) is 6.45. The topological polar surface area (TPSA) is 38.3 Å². The molecule has 0 fully saturated rings. The van der Waals surface area contributed by atoms with Gasteiger partial charge in [-0.15, -0.1) is 0 Å². The van der Waals surface area contributed by atoms with Gasteiger partial charge in [0.1, 0.15) is 5.54 Å². The molecule has 0 spiro atoms. The quantitative estimate of drug-likeness (QED) is 0.656. The number of carbonyl (C=O) groups excluding carboxylic acids is 1. The van der Waals surface area contributed by atoms with Gasteiger partial charge >= 0.3 is 5.97 Å². The van der Waals surface area contributed by atoms with Crippen molar-refractivity contribution in [1.29, 1.82) is 0 Å². The van der Waals surface area contributed by atoms with Gasteiger partial charge in [-0.2, -0.15) is 11.8 Å². The van der Waals surface area contributed by atoms with E-state index in [0.29, 0.717) is 23.0 Å². The Labute approximate surface area is 129 Å². The first-order valence-electron chi connectivity index (χ1n) is 7.72. The lowest BCUT2D eigenvalue weighted by molar-refractivity contribution is -0.151. The minimum absolute atomic E-state index is 0.140. The maximum atomic E-state index is 12.3. The zero-order valence-corrected chi connectivity index (χ0v) is 15.3. The summed E-state index contributed by atoms with van der Waals surface area (Å²) in [6.45, 7) is 17.3. The summed E-state index contributed by atoms with van der Waals surface area (Å²) in [6, 6.07) is 0.254. The van der Waals surface area contributed by atoms with Crippen molar-refractivity contribution in [3.8, 4) is 0 Å². The molecule has 0 aliphatic heterocycles. The van der Waals surface area contributed by atoms with E-state index in [9.17, 15) is 4.79 Å². The fourth-order valence-electron chi connectivity index (χ4n) is 2.28. The van der Waals surface area contributed by atoms with Gasteiger partial charge in [0.05, 0.1) is 6.61 Å². The normalized spacial score (nSPS) is 17.9. The van der Waals surface area contributed by atoms with Crippen molar-refractivity contribution in [2.45, 2.75) is 83.9 Å². The number of ether oxygens (including phenoxy) is 1. The van der Waals surface area contributed by atoms with Gasteiger partial charge in [-0.1, -0.05) is 27.7 Å². The summed E-state index contributed by atoms with van der Waals surface area (Å²) in [5.74, 6) is 0.507. The fraction of sp³-hybridized carbons (Fsp3) is 0.938. The maximum absolute atomic E-state index is 12.3. The number of rotatable bonds is 9. The fourth-order valence-corrected chi connectivity index (χ4v) is 3.75. The van der Waals surface area contributed by atoms with Crippen LogP contribution >= 0.6 is 11.8 Å². The Morgan fingerprint density at radius 1 is 1.20 bits per heavy atom. The number of thioether (sulfide) groups is 1. The summed E-state index contributed by atoms with van der Waals surface area (Å²) >= 11 is 1.95. The second-order valence-corrected chi connectivity index (χ2v) is 8.27. The highest BCUT2D eigenvalue weighted by Crippen LogP contribution is 2.29. The molecule has 0 bridgehead atoms. The zero-order valence-electron chi connectivity index (χ0n) is 14.4. The lowest BCUT2D eigenvalue weighted by atomic mass is 9.95. The molecular formula is C16H33NO2S. The van der Waals surface area contributed by atoms with Crippen molar-refractivity contribution in [2.75, 3.05) is 6.61 Å². The van der Waals surface area contributed by atoms with Crippen molar-refractivity contribution in [2.24, 2.45) is 5.92 Å². The predicted molar refractivity (Wildman–Crippen MR) is 89.3 cm³/mol. The summed E-state index contributed by atoms with van der Waals surface area (Å²) in [5, 5.41) is 4.39. The van der Waals surface area contributed by atoms with Crippen molar-refractivity contribution in [1.82, 2.24) is 5.32 Å². The molecule has 0 radical (unpaired) electrons. The van der Waals surface area contributed by atoms with Crippen LogP contribution in [0.15, 0.2) is 0 Å². The molecule has 0 heterocycles. The third-order valence-corrected chi connectivity index (χ3v) is 5.02. The van der Waals surface area contributed by atoms with Crippen molar-refractivity contribution in [3.05, 3.63) is 0 Å². The Kier molecular flexibility index (Phi) is 8.83. The molecule has 0 aliphatic rings. The van der Waals surface area contributed by atoms with Crippen LogP contribution in [0.25, 0.3) is 0 Å². The molecule has 0 aromatic rings. The third-order valence-electron chi connectivity index (χ3n) is 3.41. The summed E-state index contributed by atoms with van der Waals surface area (Å²) in [6.07, 6.45) is 0.783. The van der Waals surface area contributed by atoms with Gasteiger partial charge in [-0.05, 0) is 40.0 Å². The van der Waals surface area contributed by atoms with Gasteiger partial charge in [-0.25, -0.2) is 0 Å². The van der Waals surface area contributed by atoms with E-state index in [1.165, 1.54) is 0 Å². The molecule has 3 atom stereocenters. The summed E-state index contributed by atoms with van der Waals surface area (Å²) in [7, 11) is 0. The molecule has 0 aromatic heterocycles. The van der Waals surface area contributed by atoms with Crippen LogP contribution in [0, 0.1) is 5.92 Å². The Morgan fingerprint density at radius 3 is 2.15 bits per heavy atom. The van der Waals surface area contributed by atoms with E-state index < -0.39 is 5.54 Å². The number of esters is 1. The van der Waals surface area contributed by atoms with E-state index in [1.54, 1.807) is 0 Å². The molecule has 120 valence electrons. The number of hydrogen-bond acceptors (Lipinski definition) is 4. The molecule has 4 heteroatoms. The zero-order chi connectivity index (χ0) is 15.9. The summed E-state index contributed by atoms with van der Waals surface area (Å²) in [5.41, 5.74) is -0.604. The van der Waals surface area contributed by atoms with Crippen molar-refractivity contribution < 1.29 is 9.53 Å². The lowest BCUT2D eigenvalue weighted by Crippen LogP contribution is -2.54. The van der Waals surface area contributed by atoms with Crippen LogP contribution in [0.5, 0.6) is 0 Å². The van der Waals surface area contributed by atoms with E-state index in [2.05, 4.69) is 46.9 Å². The number of nitrogens with one attached hydrogen (secondary N) is 1. The standard InChI is InChI=1S/C16H33NO2S/c1-9-19-15(18)16(8,17-12(4)5)10-13(6)20-14(7)11(2)3/h11-14,17H,9-10H2,1-8H3. The summed E-state index contributed by atoms with van der Waals surface area (Å²) in [4.78, 5) is 12.3. The van der Waals surface area contributed by atoms with E-state index in [4.69, 9.17) is 4.74 Å². The Bertz CT molecular complexity index is 294. The van der Waals surface area contributed by atoms with Crippen LogP contribution in [0.2, 0.25) is 0 Å². The first-order chi connectivity index (χ1) is 9.12. The van der Waals surface area contributed by atoms with E-state index in [-0.39, 0.29) is 12.0 Å². The summed E-state index contributed by atoms with van der Waals surface area (Å²) < 4.78 is 5.25. The average molecular weight is 304 g/mol. The Morgan fingerprint density at radius 2 is 1.75 bits per heavy atom. The molecule has 0 aromatic carbocycles. The van der Waals surface area contributed by atoms with Gasteiger partial charge < -0.3 is 4.74 Å². The van der Waals surface area contributed by atoms with E-state index >= 15 is 0 Å². The van der Waals surface area contributed by atoms with E-state index in [0.717, 1.165) is 6.42 Å². The monoisotopic (exact) mass is 303 g/mol. The minimum atomic E-state index is -0.604. The van der Waals surface area contributed by atoms with Gasteiger partial charge in [-0.3, -0.25) is 10.1 Å². The van der Waals surface area contributed by atoms with Crippen LogP contribution in [-0.2, 0) is 9.53 Å². The second kappa shape index (κ2) is 8.93. The first-order valence-corrected chi connectivity index (χ1v) is 8.67. The van der Waals surface area contributed by atoms with Crippen LogP contribution < -0.4 is 5.32 Å². The number of carbonyl (C=O) groups is 1. The van der Waals surface area contributed by atoms with Crippen LogP contribution in [0.4, 0.5) is 0 Å². The lowest BCUT2D eigenvalue weighted by Gasteiger charge is -2.33. The van der Waals surface area contributed by atoms with Crippen LogP contribution in [0.1, 0.15) is 61.8 Å². The predicted octanol–water partition coefficient (Wildman–Crippen LogP) is 3.86. The molecule has 0 saturated carbocycles. The molecule has 0 rings (SSSR count). The van der Waals surface area contributed by atoms with Gasteiger partial charge in [0.15, 0.2) is 0 Å². The van der Waals surface area contributed by atoms with Crippen molar-refractivity contribution in [3.63, 3.8) is 0 Å². The SMILES string of the molecule is CCOC(=O)C(C)(CC(C)SC(C)C(C)C)NC(C)C. The maximum Gasteiger partial charge on any atom is 0.326 e. The molecule has 20 heavy (non-hydrogen) atoms. The van der Waals surface area contributed by atoms with Gasteiger partial charge in [0.2, 0.25) is 0 Å². The first kappa shape index (κ1) is 19.8. The number of hydrogen-bond donors (Lipinski definition) is 1. The molecule has 1 N–H and O–H groups in total. The Balaban J connectivity index is 4.75.